The Morgan fingerprint density at radius 2 is 2.08 bits per heavy atom. The molecule has 0 saturated heterocycles. The second-order valence-corrected chi connectivity index (χ2v) is 3.65. The Kier molecular flexibility index (Phi) is 3.36. The highest BCUT2D eigenvalue weighted by Gasteiger charge is 1.98. The summed E-state index contributed by atoms with van der Waals surface area (Å²) >= 11 is 3.41. The Morgan fingerprint density at radius 1 is 1.31 bits per heavy atom. The van der Waals surface area contributed by atoms with E-state index < -0.39 is 0 Å². The molecule has 2 aromatic rings. The third kappa shape index (κ3) is 2.05. The van der Waals surface area contributed by atoms with Crippen molar-refractivity contribution in [1.82, 2.24) is 4.98 Å². The zero-order valence-corrected chi connectivity index (χ0v) is 9.28. The van der Waals surface area contributed by atoms with Crippen LogP contribution in [0.4, 0.5) is 0 Å². The Hall–Kier alpha value is -0.510. The number of rotatable bonds is 1. The summed E-state index contributed by atoms with van der Waals surface area (Å²) in [6.45, 7) is 0.562. The fourth-order valence-corrected chi connectivity index (χ4v) is 1.63. The van der Waals surface area contributed by atoms with E-state index in [1.54, 1.807) is 0 Å². The highest BCUT2D eigenvalue weighted by molar-refractivity contribution is 9.10. The minimum absolute atomic E-state index is 0. The van der Waals surface area contributed by atoms with E-state index in [9.17, 15) is 0 Å². The Morgan fingerprint density at radius 3 is 2.77 bits per heavy atom. The lowest BCUT2D eigenvalue weighted by atomic mass is 10.2. The van der Waals surface area contributed by atoms with Crippen molar-refractivity contribution >= 4 is 39.2 Å². The topological polar surface area (TPSA) is 41.8 Å². The third-order valence-electron chi connectivity index (χ3n) is 1.86. The first-order valence-electron chi connectivity index (χ1n) is 3.77. The molecule has 0 bridgehead atoms. The second-order valence-electron chi connectivity index (χ2n) is 2.73. The van der Waals surface area contributed by atoms with Gasteiger partial charge in [-0.15, -0.1) is 12.4 Å². The molecular formula is C9H10BrClN2. The van der Waals surface area contributed by atoms with Crippen LogP contribution in [0, 0.1) is 0 Å². The summed E-state index contributed by atoms with van der Waals surface area (Å²) in [6.07, 6.45) is 0. The monoisotopic (exact) mass is 260 g/mol. The van der Waals surface area contributed by atoms with Crippen molar-refractivity contribution in [2.24, 2.45) is 5.73 Å². The van der Waals surface area contributed by atoms with Crippen LogP contribution in [0.3, 0.4) is 0 Å². The summed E-state index contributed by atoms with van der Waals surface area (Å²) in [6, 6.07) is 8.21. The largest absolute Gasteiger partial charge is 0.357 e. The van der Waals surface area contributed by atoms with Crippen molar-refractivity contribution in [3.05, 3.63) is 34.4 Å². The lowest BCUT2D eigenvalue weighted by Gasteiger charge is -1.89. The Bertz CT molecular complexity index is 411. The quantitative estimate of drug-likeness (QED) is 0.814. The number of aromatic nitrogens is 1. The number of hydrogen-bond donors (Lipinski definition) is 2. The maximum Gasteiger partial charge on any atom is 0.0467 e. The molecule has 0 atom stereocenters. The van der Waals surface area contributed by atoms with Crippen LogP contribution in [-0.2, 0) is 6.54 Å². The molecule has 0 saturated carbocycles. The van der Waals surface area contributed by atoms with Crippen molar-refractivity contribution in [2.75, 3.05) is 0 Å². The zero-order valence-electron chi connectivity index (χ0n) is 6.88. The van der Waals surface area contributed by atoms with Crippen LogP contribution in [-0.4, -0.2) is 4.98 Å². The van der Waals surface area contributed by atoms with Gasteiger partial charge in [0.15, 0.2) is 0 Å². The molecule has 2 nitrogen and oxygen atoms in total. The van der Waals surface area contributed by atoms with Crippen molar-refractivity contribution < 1.29 is 0 Å². The third-order valence-corrected chi connectivity index (χ3v) is 2.35. The van der Waals surface area contributed by atoms with Gasteiger partial charge in [0, 0.05) is 22.2 Å². The summed E-state index contributed by atoms with van der Waals surface area (Å²) < 4.78 is 1.08. The van der Waals surface area contributed by atoms with Crippen molar-refractivity contribution in [3.63, 3.8) is 0 Å². The average Bonchev–Trinajstić information content (AvgIpc) is 2.46. The molecule has 0 aliphatic heterocycles. The molecule has 0 spiro atoms. The molecule has 70 valence electrons. The molecular weight excluding hydrogens is 251 g/mol. The molecule has 3 N–H and O–H groups in total. The normalized spacial score (nSPS) is 10.0. The van der Waals surface area contributed by atoms with E-state index in [1.807, 2.05) is 6.07 Å². The van der Waals surface area contributed by atoms with E-state index in [2.05, 4.69) is 39.1 Å². The van der Waals surface area contributed by atoms with E-state index in [-0.39, 0.29) is 12.4 Å². The standard InChI is InChI=1S/C9H9BrN2.ClH/c10-7-2-1-6-3-8(5-11)12-9(6)4-7;/h1-4,12H,5,11H2;1H. The first-order valence-corrected chi connectivity index (χ1v) is 4.56. The number of nitrogens with two attached hydrogens (primary N) is 1. The van der Waals surface area contributed by atoms with Gasteiger partial charge in [0.05, 0.1) is 0 Å². The molecule has 0 aliphatic rings. The lowest BCUT2D eigenvalue weighted by Crippen LogP contribution is -1.94. The molecule has 0 fully saturated rings. The zero-order chi connectivity index (χ0) is 8.55. The highest BCUT2D eigenvalue weighted by Crippen LogP contribution is 2.19. The van der Waals surface area contributed by atoms with Gasteiger partial charge in [-0.1, -0.05) is 22.0 Å². The van der Waals surface area contributed by atoms with Gasteiger partial charge in [0.2, 0.25) is 0 Å². The van der Waals surface area contributed by atoms with Crippen LogP contribution in [0.1, 0.15) is 5.69 Å². The van der Waals surface area contributed by atoms with Crippen molar-refractivity contribution in [2.45, 2.75) is 6.54 Å². The second kappa shape index (κ2) is 4.13. The maximum atomic E-state index is 5.51. The molecule has 1 heterocycles. The van der Waals surface area contributed by atoms with Crippen LogP contribution < -0.4 is 5.73 Å². The van der Waals surface area contributed by atoms with Gasteiger partial charge in [0.1, 0.15) is 0 Å². The average molecular weight is 262 g/mol. The SMILES string of the molecule is Cl.NCc1cc2ccc(Br)cc2[nH]1. The van der Waals surface area contributed by atoms with Crippen molar-refractivity contribution in [3.8, 4) is 0 Å². The number of H-pyrrole nitrogens is 1. The Labute approximate surface area is 91.0 Å². The predicted molar refractivity (Wildman–Crippen MR) is 61.1 cm³/mol. The minimum Gasteiger partial charge on any atom is -0.357 e. The maximum absolute atomic E-state index is 5.51. The van der Waals surface area contributed by atoms with Crippen LogP contribution in [0.2, 0.25) is 0 Å². The first-order chi connectivity index (χ1) is 5.79. The molecule has 1 aromatic heterocycles. The van der Waals surface area contributed by atoms with Gasteiger partial charge in [-0.3, -0.25) is 0 Å². The van der Waals surface area contributed by atoms with Gasteiger partial charge in [-0.2, -0.15) is 0 Å². The summed E-state index contributed by atoms with van der Waals surface area (Å²) in [5.41, 5.74) is 7.71. The summed E-state index contributed by atoms with van der Waals surface area (Å²) in [5, 5.41) is 1.21. The molecule has 13 heavy (non-hydrogen) atoms. The Balaban J connectivity index is 0.000000845. The molecule has 0 unspecified atom stereocenters. The van der Waals surface area contributed by atoms with Crippen LogP contribution >= 0.6 is 28.3 Å². The van der Waals surface area contributed by atoms with Gasteiger partial charge in [0.25, 0.3) is 0 Å². The van der Waals surface area contributed by atoms with Crippen LogP contribution in [0.25, 0.3) is 10.9 Å². The number of benzene rings is 1. The molecule has 0 radical (unpaired) electrons. The molecule has 4 heteroatoms. The number of aromatic amines is 1. The van der Waals surface area contributed by atoms with Crippen LogP contribution in [0.15, 0.2) is 28.7 Å². The van der Waals surface area contributed by atoms with Gasteiger partial charge < -0.3 is 10.7 Å². The highest BCUT2D eigenvalue weighted by atomic mass is 79.9. The smallest absolute Gasteiger partial charge is 0.0467 e. The minimum atomic E-state index is 0. The number of nitrogens with one attached hydrogen (secondary N) is 1. The number of fused-ring (bicyclic) bond motifs is 1. The van der Waals surface area contributed by atoms with E-state index in [4.69, 9.17) is 5.73 Å². The predicted octanol–water partition coefficient (Wildman–Crippen LogP) is 2.81. The van der Waals surface area contributed by atoms with E-state index in [0.717, 1.165) is 15.7 Å². The van der Waals surface area contributed by atoms with E-state index in [0.29, 0.717) is 6.54 Å². The van der Waals surface area contributed by atoms with E-state index >= 15 is 0 Å². The van der Waals surface area contributed by atoms with E-state index in [1.165, 1.54) is 5.39 Å². The fraction of sp³-hybridized carbons (Fsp3) is 0.111. The summed E-state index contributed by atoms with van der Waals surface area (Å²) in [7, 11) is 0. The number of hydrogen-bond acceptors (Lipinski definition) is 1. The molecule has 1 aromatic carbocycles. The molecule has 2 rings (SSSR count). The van der Waals surface area contributed by atoms with Gasteiger partial charge in [-0.05, 0) is 23.6 Å². The first kappa shape index (κ1) is 10.6. The molecule has 0 aliphatic carbocycles. The fourth-order valence-electron chi connectivity index (χ4n) is 1.27. The van der Waals surface area contributed by atoms with Gasteiger partial charge in [-0.25, -0.2) is 0 Å². The van der Waals surface area contributed by atoms with Crippen molar-refractivity contribution in [1.29, 1.82) is 0 Å². The summed E-state index contributed by atoms with van der Waals surface area (Å²) in [4.78, 5) is 3.23. The van der Waals surface area contributed by atoms with Gasteiger partial charge >= 0.3 is 0 Å². The number of halogens is 2. The molecule has 0 amide bonds. The lowest BCUT2D eigenvalue weighted by molar-refractivity contribution is 1.02. The van der Waals surface area contributed by atoms with Crippen LogP contribution in [0.5, 0.6) is 0 Å². The summed E-state index contributed by atoms with van der Waals surface area (Å²) in [5.74, 6) is 0.